The average Bonchev–Trinajstić information content (AvgIpc) is 2.53. The number of nitrogens with zero attached hydrogens (tertiary/aromatic N) is 3. The fourth-order valence-electron chi connectivity index (χ4n) is 1.47. The van der Waals surface area contributed by atoms with E-state index in [9.17, 15) is 4.79 Å². The van der Waals surface area contributed by atoms with E-state index < -0.39 is 5.97 Å². The number of carbonyl (C=O) groups excluding carboxylic acids is 1. The molecular formula is C13H12N4O4. The SMILES string of the molecule is COC(=O)c1cc(NN=C(C#N)C#N)c(OC)c(OC)c1. The molecule has 1 aromatic rings. The maximum Gasteiger partial charge on any atom is 0.338 e. The molecule has 108 valence electrons. The highest BCUT2D eigenvalue weighted by Crippen LogP contribution is 2.36. The largest absolute Gasteiger partial charge is 0.493 e. The number of carbonyl (C=O) groups is 1. The Balaban J connectivity index is 3.34. The Kier molecular flexibility index (Phi) is 5.54. The zero-order valence-corrected chi connectivity index (χ0v) is 11.6. The number of nitriles is 2. The second kappa shape index (κ2) is 7.36. The summed E-state index contributed by atoms with van der Waals surface area (Å²) in [5.41, 5.74) is 2.56. The smallest absolute Gasteiger partial charge is 0.338 e. The summed E-state index contributed by atoms with van der Waals surface area (Å²) in [4.78, 5) is 11.6. The first-order chi connectivity index (χ1) is 10.1. The lowest BCUT2D eigenvalue weighted by Crippen LogP contribution is -2.05. The molecule has 8 heteroatoms. The molecule has 0 fully saturated rings. The molecule has 1 rings (SSSR count). The van der Waals surface area contributed by atoms with Crippen LogP contribution in [0.25, 0.3) is 0 Å². The van der Waals surface area contributed by atoms with Gasteiger partial charge in [-0.3, -0.25) is 5.43 Å². The molecule has 8 nitrogen and oxygen atoms in total. The van der Waals surface area contributed by atoms with Gasteiger partial charge in [-0.15, -0.1) is 0 Å². The number of nitrogens with one attached hydrogen (secondary N) is 1. The van der Waals surface area contributed by atoms with Crippen molar-refractivity contribution in [3.63, 3.8) is 0 Å². The van der Waals surface area contributed by atoms with Gasteiger partial charge < -0.3 is 14.2 Å². The Morgan fingerprint density at radius 1 is 1.19 bits per heavy atom. The summed E-state index contributed by atoms with van der Waals surface area (Å²) >= 11 is 0. The van der Waals surface area contributed by atoms with Crippen LogP contribution in [0.4, 0.5) is 5.69 Å². The number of hydrogen-bond donors (Lipinski definition) is 1. The van der Waals surface area contributed by atoms with Crippen molar-refractivity contribution >= 4 is 17.4 Å². The topological polar surface area (TPSA) is 117 Å². The number of hydrazone groups is 1. The molecule has 1 N–H and O–H groups in total. The van der Waals surface area contributed by atoms with E-state index in [4.69, 9.17) is 20.0 Å². The molecule has 0 aromatic heterocycles. The highest BCUT2D eigenvalue weighted by atomic mass is 16.5. The van der Waals surface area contributed by atoms with Crippen LogP contribution in [0.2, 0.25) is 0 Å². The minimum Gasteiger partial charge on any atom is -0.493 e. The second-order valence-electron chi connectivity index (χ2n) is 3.55. The summed E-state index contributed by atoms with van der Waals surface area (Å²) < 4.78 is 14.9. The van der Waals surface area contributed by atoms with Crippen molar-refractivity contribution < 1.29 is 19.0 Å². The number of esters is 1. The van der Waals surface area contributed by atoms with Gasteiger partial charge in [0.1, 0.15) is 17.8 Å². The van der Waals surface area contributed by atoms with Crippen molar-refractivity contribution in [1.29, 1.82) is 10.5 Å². The average molecular weight is 288 g/mol. The van der Waals surface area contributed by atoms with Gasteiger partial charge in [0, 0.05) is 0 Å². The zero-order chi connectivity index (χ0) is 15.8. The predicted octanol–water partition coefficient (Wildman–Crippen LogP) is 1.31. The van der Waals surface area contributed by atoms with Gasteiger partial charge in [-0.2, -0.15) is 15.6 Å². The molecule has 1 aromatic carbocycles. The summed E-state index contributed by atoms with van der Waals surface area (Å²) in [7, 11) is 4.05. The molecule has 0 heterocycles. The lowest BCUT2D eigenvalue weighted by molar-refractivity contribution is 0.0600. The Morgan fingerprint density at radius 2 is 1.86 bits per heavy atom. The van der Waals surface area contributed by atoms with Crippen LogP contribution >= 0.6 is 0 Å². The van der Waals surface area contributed by atoms with Gasteiger partial charge in [0.05, 0.1) is 26.9 Å². The molecule has 0 atom stereocenters. The molecule has 0 unspecified atom stereocenters. The fourth-order valence-corrected chi connectivity index (χ4v) is 1.47. The van der Waals surface area contributed by atoms with Gasteiger partial charge in [0.15, 0.2) is 11.5 Å². The molecule has 0 spiro atoms. The summed E-state index contributed by atoms with van der Waals surface area (Å²) in [6.45, 7) is 0. The third kappa shape index (κ3) is 3.61. The number of hydrogen-bond acceptors (Lipinski definition) is 8. The summed E-state index contributed by atoms with van der Waals surface area (Å²) in [6, 6.07) is 6.04. The van der Waals surface area contributed by atoms with Gasteiger partial charge in [0.2, 0.25) is 5.71 Å². The number of methoxy groups -OCH3 is 3. The van der Waals surface area contributed by atoms with Gasteiger partial charge in [0.25, 0.3) is 0 Å². The Bertz CT molecular complexity index is 639. The van der Waals surface area contributed by atoms with Crippen LogP contribution < -0.4 is 14.9 Å². The Labute approximate surface area is 121 Å². The molecule has 0 amide bonds. The molecular weight excluding hydrogens is 276 g/mol. The zero-order valence-electron chi connectivity index (χ0n) is 11.6. The molecule has 0 aliphatic rings. The number of rotatable bonds is 5. The van der Waals surface area contributed by atoms with Gasteiger partial charge in [-0.05, 0) is 12.1 Å². The molecule has 0 saturated carbocycles. The first-order valence-corrected chi connectivity index (χ1v) is 5.59. The number of ether oxygens (including phenoxy) is 3. The van der Waals surface area contributed by atoms with E-state index in [0.717, 1.165) is 0 Å². The number of benzene rings is 1. The third-order valence-corrected chi connectivity index (χ3v) is 2.40. The van der Waals surface area contributed by atoms with E-state index in [1.165, 1.54) is 33.5 Å². The molecule has 0 radical (unpaired) electrons. The predicted molar refractivity (Wildman–Crippen MR) is 73.2 cm³/mol. The van der Waals surface area contributed by atoms with Crippen LogP contribution in [0.1, 0.15) is 10.4 Å². The van der Waals surface area contributed by atoms with Crippen LogP contribution in [-0.2, 0) is 4.74 Å². The van der Waals surface area contributed by atoms with Gasteiger partial charge in [-0.25, -0.2) is 4.79 Å². The van der Waals surface area contributed by atoms with Crippen molar-refractivity contribution in [2.75, 3.05) is 26.8 Å². The lowest BCUT2D eigenvalue weighted by Gasteiger charge is -2.13. The van der Waals surface area contributed by atoms with E-state index in [2.05, 4.69) is 15.3 Å². The second-order valence-corrected chi connectivity index (χ2v) is 3.55. The highest BCUT2D eigenvalue weighted by molar-refractivity contribution is 6.10. The molecule has 0 aliphatic carbocycles. The van der Waals surface area contributed by atoms with Gasteiger partial charge in [-0.1, -0.05) is 0 Å². The Morgan fingerprint density at radius 3 is 2.33 bits per heavy atom. The van der Waals surface area contributed by atoms with Crippen LogP contribution in [0, 0.1) is 22.7 Å². The van der Waals surface area contributed by atoms with Crippen LogP contribution in [0.5, 0.6) is 11.5 Å². The van der Waals surface area contributed by atoms with Crippen molar-refractivity contribution in [1.82, 2.24) is 0 Å². The third-order valence-electron chi connectivity index (χ3n) is 2.40. The van der Waals surface area contributed by atoms with Crippen LogP contribution in [0.15, 0.2) is 17.2 Å². The Hall–Kier alpha value is -3.26. The minimum atomic E-state index is -0.580. The van der Waals surface area contributed by atoms with Crippen molar-refractivity contribution in [3.05, 3.63) is 17.7 Å². The van der Waals surface area contributed by atoms with Crippen LogP contribution in [0.3, 0.4) is 0 Å². The van der Waals surface area contributed by atoms with E-state index in [1.807, 2.05) is 0 Å². The standard InChI is InChI=1S/C13H12N4O4/c1-19-11-5-8(13(18)21-3)4-10(12(11)20-2)17-16-9(6-14)7-15/h4-5,17H,1-3H3. The summed E-state index contributed by atoms with van der Waals surface area (Å²) in [5, 5.41) is 20.9. The van der Waals surface area contributed by atoms with E-state index in [1.54, 1.807) is 12.1 Å². The maximum atomic E-state index is 11.6. The molecule has 21 heavy (non-hydrogen) atoms. The lowest BCUT2D eigenvalue weighted by atomic mass is 10.1. The van der Waals surface area contributed by atoms with Crippen molar-refractivity contribution in [2.24, 2.45) is 5.10 Å². The minimum absolute atomic E-state index is 0.198. The highest BCUT2D eigenvalue weighted by Gasteiger charge is 2.16. The first kappa shape index (κ1) is 15.8. The van der Waals surface area contributed by atoms with Crippen LogP contribution in [-0.4, -0.2) is 33.0 Å². The molecule has 0 bridgehead atoms. The quantitative estimate of drug-likeness (QED) is 0.493. The number of anilines is 1. The van der Waals surface area contributed by atoms with E-state index in [0.29, 0.717) is 0 Å². The molecule has 0 saturated heterocycles. The maximum absolute atomic E-state index is 11.6. The monoisotopic (exact) mass is 288 g/mol. The normalized spacial score (nSPS) is 8.81. The van der Waals surface area contributed by atoms with E-state index in [-0.39, 0.29) is 28.5 Å². The summed E-state index contributed by atoms with van der Waals surface area (Å²) in [5.74, 6) is -0.0403. The summed E-state index contributed by atoms with van der Waals surface area (Å²) in [6.07, 6.45) is 0. The van der Waals surface area contributed by atoms with Crippen molar-refractivity contribution in [2.45, 2.75) is 0 Å². The first-order valence-electron chi connectivity index (χ1n) is 5.59. The van der Waals surface area contributed by atoms with Gasteiger partial charge >= 0.3 is 5.97 Å². The molecule has 0 aliphatic heterocycles. The van der Waals surface area contributed by atoms with Crippen molar-refractivity contribution in [3.8, 4) is 23.6 Å². The fraction of sp³-hybridized carbons (Fsp3) is 0.231. The van der Waals surface area contributed by atoms with E-state index >= 15 is 0 Å².